The van der Waals surface area contributed by atoms with E-state index in [2.05, 4.69) is 16.9 Å². The lowest BCUT2D eigenvalue weighted by Gasteiger charge is -2.23. The minimum Gasteiger partial charge on any atom is -0.490 e. The first-order valence-electron chi connectivity index (χ1n) is 9.07. The molecule has 1 atom stereocenters. The molecule has 0 saturated heterocycles. The number of benzene rings is 1. The highest BCUT2D eigenvalue weighted by atomic mass is 32.1. The van der Waals surface area contributed by atoms with Gasteiger partial charge in [-0.1, -0.05) is 24.8 Å². The molecule has 8 heteroatoms. The molecule has 1 heterocycles. The van der Waals surface area contributed by atoms with Crippen LogP contribution in [-0.4, -0.2) is 36.4 Å². The number of hydrogen-bond donors (Lipinski definition) is 1. The Labute approximate surface area is 174 Å². The topological polar surface area (TPSA) is 86.8 Å². The lowest BCUT2D eigenvalue weighted by molar-refractivity contribution is 0.0503. The number of amides is 1. The number of nitrogens with one attached hydrogen (secondary N) is 1. The van der Waals surface area contributed by atoms with E-state index in [4.69, 9.17) is 14.2 Å². The minimum atomic E-state index is -0.626. The first kappa shape index (κ1) is 22.4. The van der Waals surface area contributed by atoms with E-state index in [9.17, 15) is 9.59 Å². The zero-order chi connectivity index (χ0) is 21.4. The molecule has 7 nitrogen and oxygen atoms in total. The minimum absolute atomic E-state index is 0.205. The second kappa shape index (κ2) is 10.1. The third-order valence-corrected chi connectivity index (χ3v) is 4.59. The summed E-state index contributed by atoms with van der Waals surface area (Å²) in [5.41, 5.74) is 0.544. The van der Waals surface area contributed by atoms with E-state index in [1.807, 2.05) is 24.3 Å². The van der Waals surface area contributed by atoms with Crippen LogP contribution < -0.4 is 10.1 Å². The highest BCUT2D eigenvalue weighted by molar-refractivity contribution is 7.09. The summed E-state index contributed by atoms with van der Waals surface area (Å²) in [4.78, 5) is 28.4. The fourth-order valence-electron chi connectivity index (χ4n) is 2.41. The van der Waals surface area contributed by atoms with Gasteiger partial charge in [-0.2, -0.15) is 0 Å². The van der Waals surface area contributed by atoms with Crippen molar-refractivity contribution in [3.63, 3.8) is 0 Å². The molecule has 156 valence electrons. The largest absolute Gasteiger partial charge is 0.490 e. The molecule has 1 aromatic heterocycles. The molecule has 2 rings (SSSR count). The van der Waals surface area contributed by atoms with Crippen LogP contribution in [0.2, 0.25) is 0 Å². The number of thiazole rings is 1. The van der Waals surface area contributed by atoms with Crippen molar-refractivity contribution in [2.24, 2.45) is 0 Å². The highest BCUT2D eigenvalue weighted by Crippen LogP contribution is 2.24. The van der Waals surface area contributed by atoms with Gasteiger partial charge in [-0.05, 0) is 44.9 Å². The standard InChI is InChI=1S/C21H26N2O5S/c1-6-11-27-15-9-7-14(8-10-15)12-16(23-20(25)28-21(2,3)4)18-22-17(13-29-18)19(24)26-5/h6-10,13,16H,1,11-12H2,2-5H3,(H,23,25). The van der Waals surface area contributed by atoms with Gasteiger partial charge in [-0.15, -0.1) is 11.3 Å². The van der Waals surface area contributed by atoms with Crippen LogP contribution in [0.25, 0.3) is 0 Å². The Kier molecular flexibility index (Phi) is 7.78. The summed E-state index contributed by atoms with van der Waals surface area (Å²) in [6, 6.07) is 7.07. The summed E-state index contributed by atoms with van der Waals surface area (Å²) in [7, 11) is 1.30. The second-order valence-corrected chi connectivity index (χ2v) is 8.10. The number of carbonyl (C=O) groups is 2. The molecular weight excluding hydrogens is 392 g/mol. The van der Waals surface area contributed by atoms with Gasteiger partial charge < -0.3 is 19.5 Å². The van der Waals surface area contributed by atoms with Gasteiger partial charge in [-0.3, -0.25) is 0 Å². The van der Waals surface area contributed by atoms with Crippen LogP contribution in [0.15, 0.2) is 42.3 Å². The van der Waals surface area contributed by atoms with Crippen LogP contribution in [0.3, 0.4) is 0 Å². The summed E-state index contributed by atoms with van der Waals surface area (Å²) >= 11 is 1.28. The Morgan fingerprint density at radius 3 is 2.55 bits per heavy atom. The van der Waals surface area contributed by atoms with Gasteiger partial charge in [0.05, 0.1) is 13.2 Å². The Morgan fingerprint density at radius 1 is 1.28 bits per heavy atom. The maximum atomic E-state index is 12.3. The van der Waals surface area contributed by atoms with Crippen LogP contribution in [0.4, 0.5) is 4.79 Å². The van der Waals surface area contributed by atoms with E-state index < -0.39 is 23.7 Å². The van der Waals surface area contributed by atoms with Crippen LogP contribution >= 0.6 is 11.3 Å². The van der Waals surface area contributed by atoms with E-state index >= 15 is 0 Å². The number of methoxy groups -OCH3 is 1. The van der Waals surface area contributed by atoms with Crippen molar-refractivity contribution in [1.29, 1.82) is 0 Å². The van der Waals surface area contributed by atoms with Crippen molar-refractivity contribution in [2.75, 3.05) is 13.7 Å². The lowest BCUT2D eigenvalue weighted by Crippen LogP contribution is -2.35. The smallest absolute Gasteiger partial charge is 0.408 e. The molecule has 0 radical (unpaired) electrons. The number of nitrogens with zero attached hydrogens (tertiary/aromatic N) is 1. The molecule has 0 aliphatic rings. The van der Waals surface area contributed by atoms with Crippen molar-refractivity contribution in [3.8, 4) is 5.75 Å². The molecular formula is C21H26N2O5S. The first-order chi connectivity index (χ1) is 13.7. The molecule has 1 N–H and O–H groups in total. The maximum Gasteiger partial charge on any atom is 0.408 e. The molecule has 1 aromatic carbocycles. The Hall–Kier alpha value is -2.87. The second-order valence-electron chi connectivity index (χ2n) is 7.21. The van der Waals surface area contributed by atoms with Gasteiger partial charge in [-0.25, -0.2) is 14.6 Å². The molecule has 0 fully saturated rings. The van der Waals surface area contributed by atoms with Crippen molar-refractivity contribution in [2.45, 2.75) is 38.8 Å². The summed E-state index contributed by atoms with van der Waals surface area (Å²) in [5.74, 6) is 0.208. The molecule has 29 heavy (non-hydrogen) atoms. The molecule has 0 aliphatic heterocycles. The molecule has 1 unspecified atom stereocenters. The van der Waals surface area contributed by atoms with E-state index in [1.165, 1.54) is 18.4 Å². The van der Waals surface area contributed by atoms with Crippen LogP contribution in [0, 0.1) is 0 Å². The Morgan fingerprint density at radius 2 is 1.97 bits per heavy atom. The first-order valence-corrected chi connectivity index (χ1v) is 9.95. The molecule has 1 amide bonds. The van der Waals surface area contributed by atoms with Crippen LogP contribution in [-0.2, 0) is 15.9 Å². The van der Waals surface area contributed by atoms with E-state index in [0.717, 1.165) is 11.3 Å². The number of esters is 1. The number of ether oxygens (including phenoxy) is 3. The number of hydrogen-bond acceptors (Lipinski definition) is 7. The number of carbonyl (C=O) groups excluding carboxylic acids is 2. The van der Waals surface area contributed by atoms with Gasteiger partial charge >= 0.3 is 12.1 Å². The molecule has 0 aliphatic carbocycles. The lowest BCUT2D eigenvalue weighted by atomic mass is 10.1. The third kappa shape index (κ3) is 7.23. The zero-order valence-electron chi connectivity index (χ0n) is 17.1. The number of aromatic nitrogens is 1. The summed E-state index contributed by atoms with van der Waals surface area (Å²) < 4.78 is 15.6. The van der Waals surface area contributed by atoms with Gasteiger partial charge in [0.1, 0.15) is 23.0 Å². The average molecular weight is 419 g/mol. The fraction of sp³-hybridized carbons (Fsp3) is 0.381. The van der Waals surface area contributed by atoms with E-state index in [1.54, 1.807) is 32.2 Å². The quantitative estimate of drug-likeness (QED) is 0.508. The van der Waals surface area contributed by atoms with Gasteiger partial charge in [0, 0.05) is 5.38 Å². The third-order valence-electron chi connectivity index (χ3n) is 3.64. The average Bonchev–Trinajstić information content (AvgIpc) is 3.15. The van der Waals surface area contributed by atoms with Crippen molar-refractivity contribution in [1.82, 2.24) is 10.3 Å². The molecule has 0 spiro atoms. The number of rotatable bonds is 8. The highest BCUT2D eigenvalue weighted by Gasteiger charge is 2.24. The van der Waals surface area contributed by atoms with Crippen molar-refractivity contribution in [3.05, 3.63) is 58.6 Å². The van der Waals surface area contributed by atoms with Crippen LogP contribution in [0.1, 0.15) is 47.9 Å². The summed E-state index contributed by atoms with van der Waals surface area (Å²) in [5, 5.41) is 5.04. The predicted molar refractivity (Wildman–Crippen MR) is 111 cm³/mol. The predicted octanol–water partition coefficient (Wildman–Crippen LogP) is 4.30. The maximum absolute atomic E-state index is 12.3. The SMILES string of the molecule is C=CCOc1ccc(CC(NC(=O)OC(C)(C)C)c2nc(C(=O)OC)cs2)cc1. The summed E-state index contributed by atoms with van der Waals surface area (Å²) in [6.07, 6.45) is 1.59. The molecule has 0 bridgehead atoms. The fourth-order valence-corrected chi connectivity index (χ4v) is 3.25. The zero-order valence-corrected chi connectivity index (χ0v) is 17.9. The number of alkyl carbamates (subject to hydrolysis) is 1. The normalized spacial score (nSPS) is 12.0. The Bertz CT molecular complexity index is 840. The van der Waals surface area contributed by atoms with Gasteiger partial charge in [0.2, 0.25) is 0 Å². The van der Waals surface area contributed by atoms with Crippen LogP contribution in [0.5, 0.6) is 5.75 Å². The van der Waals surface area contributed by atoms with Crippen molar-refractivity contribution >= 4 is 23.4 Å². The van der Waals surface area contributed by atoms with Gasteiger partial charge in [0.25, 0.3) is 0 Å². The molecule has 0 saturated carbocycles. The van der Waals surface area contributed by atoms with E-state index in [0.29, 0.717) is 18.0 Å². The monoisotopic (exact) mass is 418 g/mol. The Balaban J connectivity index is 2.19. The van der Waals surface area contributed by atoms with Crippen molar-refractivity contribution < 1.29 is 23.8 Å². The summed E-state index contributed by atoms with van der Waals surface area (Å²) in [6.45, 7) is 9.43. The van der Waals surface area contributed by atoms with Gasteiger partial charge in [0.15, 0.2) is 5.69 Å². The van der Waals surface area contributed by atoms with E-state index in [-0.39, 0.29) is 5.69 Å². The molecule has 2 aromatic rings.